The Hall–Kier alpha value is -3.72. The number of fused-ring (bicyclic) bond motifs is 3. The van der Waals surface area contributed by atoms with Crippen LogP contribution in [0.5, 0.6) is 0 Å². The second-order valence-electron chi connectivity index (χ2n) is 7.71. The molecule has 0 radical (unpaired) electrons. The van der Waals surface area contributed by atoms with Crippen molar-refractivity contribution in [1.29, 1.82) is 0 Å². The average Bonchev–Trinajstić information content (AvgIpc) is 3.14. The molecule has 0 saturated carbocycles. The summed E-state index contributed by atoms with van der Waals surface area (Å²) in [5, 5.41) is 13.9. The predicted molar refractivity (Wildman–Crippen MR) is 127 cm³/mol. The number of nitrogens with one attached hydrogen (secondary N) is 2. The maximum absolute atomic E-state index is 13.7. The lowest BCUT2D eigenvalue weighted by Crippen LogP contribution is -2.45. The number of carbonyl (C=O) groups excluding carboxylic acids is 2. The Bertz CT molecular complexity index is 1220. The first-order valence-electron chi connectivity index (χ1n) is 10.4. The maximum Gasteiger partial charge on any atom is 0.407 e. The van der Waals surface area contributed by atoms with Crippen LogP contribution in [0.2, 0.25) is 0 Å². The molecule has 34 heavy (non-hydrogen) atoms. The second-order valence-corrected chi connectivity index (χ2v) is 8.50. The highest BCUT2D eigenvalue weighted by Gasteiger charge is 2.30. The van der Waals surface area contributed by atoms with E-state index in [4.69, 9.17) is 4.74 Å². The maximum atomic E-state index is 13.7. The number of anilines is 1. The van der Waals surface area contributed by atoms with Crippen LogP contribution in [0.3, 0.4) is 0 Å². The van der Waals surface area contributed by atoms with Crippen molar-refractivity contribution in [1.82, 2.24) is 5.32 Å². The molecule has 1 aliphatic rings. The smallest absolute Gasteiger partial charge is 0.407 e. The SMILES string of the molecule is O=C(O)CC(NC(=O)OCC1c2ccccc2-c2ccccc21)C(=O)Nc1cccc(F)c1Br. The normalized spacial score (nSPS) is 12.9. The molecule has 0 bridgehead atoms. The Morgan fingerprint density at radius 3 is 2.21 bits per heavy atom. The van der Waals surface area contributed by atoms with Crippen molar-refractivity contribution < 1.29 is 28.6 Å². The van der Waals surface area contributed by atoms with Gasteiger partial charge in [0, 0.05) is 5.92 Å². The van der Waals surface area contributed by atoms with Crippen LogP contribution >= 0.6 is 15.9 Å². The number of hydrogen-bond donors (Lipinski definition) is 3. The number of benzene rings is 3. The van der Waals surface area contributed by atoms with Crippen LogP contribution in [0.1, 0.15) is 23.5 Å². The van der Waals surface area contributed by atoms with Crippen molar-refractivity contribution in [3.8, 4) is 11.1 Å². The van der Waals surface area contributed by atoms with Crippen molar-refractivity contribution in [2.24, 2.45) is 0 Å². The van der Waals surface area contributed by atoms with E-state index in [1.165, 1.54) is 18.2 Å². The fraction of sp³-hybridized carbons (Fsp3) is 0.160. The van der Waals surface area contributed by atoms with Crippen molar-refractivity contribution in [2.45, 2.75) is 18.4 Å². The lowest BCUT2D eigenvalue weighted by molar-refractivity contribution is -0.139. The summed E-state index contributed by atoms with van der Waals surface area (Å²) < 4.78 is 19.1. The van der Waals surface area contributed by atoms with Gasteiger partial charge in [-0.2, -0.15) is 0 Å². The van der Waals surface area contributed by atoms with Crippen molar-refractivity contribution in [2.75, 3.05) is 11.9 Å². The molecule has 174 valence electrons. The third-order valence-electron chi connectivity index (χ3n) is 5.54. The quantitative estimate of drug-likeness (QED) is 0.405. The predicted octanol–water partition coefficient (Wildman–Crippen LogP) is 4.91. The molecule has 4 rings (SSSR count). The van der Waals surface area contributed by atoms with E-state index in [9.17, 15) is 23.9 Å². The number of ether oxygens (including phenoxy) is 1. The average molecular weight is 527 g/mol. The molecule has 2 amide bonds. The van der Waals surface area contributed by atoms with Crippen LogP contribution in [0, 0.1) is 5.82 Å². The highest BCUT2D eigenvalue weighted by atomic mass is 79.9. The molecule has 1 unspecified atom stereocenters. The first-order valence-corrected chi connectivity index (χ1v) is 11.2. The summed E-state index contributed by atoms with van der Waals surface area (Å²) in [6.07, 6.45) is -1.61. The van der Waals surface area contributed by atoms with E-state index in [2.05, 4.69) is 26.6 Å². The van der Waals surface area contributed by atoms with Crippen LogP contribution in [-0.2, 0) is 14.3 Å². The molecule has 3 N–H and O–H groups in total. The van der Waals surface area contributed by atoms with Gasteiger partial charge in [0.1, 0.15) is 18.5 Å². The molecule has 0 fully saturated rings. The van der Waals surface area contributed by atoms with Gasteiger partial charge < -0.3 is 20.5 Å². The molecular weight excluding hydrogens is 507 g/mol. The lowest BCUT2D eigenvalue weighted by Gasteiger charge is -2.19. The number of rotatable bonds is 7. The van der Waals surface area contributed by atoms with Gasteiger partial charge in [0.15, 0.2) is 0 Å². The van der Waals surface area contributed by atoms with Gasteiger partial charge in [-0.05, 0) is 50.3 Å². The molecule has 3 aromatic rings. The topological polar surface area (TPSA) is 105 Å². The third kappa shape index (κ3) is 4.94. The zero-order valence-electron chi connectivity index (χ0n) is 17.8. The summed E-state index contributed by atoms with van der Waals surface area (Å²) in [4.78, 5) is 36.4. The Balaban J connectivity index is 1.44. The number of carboxylic acids is 1. The van der Waals surface area contributed by atoms with Crippen LogP contribution in [0.4, 0.5) is 14.9 Å². The number of halogens is 2. The van der Waals surface area contributed by atoms with E-state index in [0.717, 1.165) is 22.3 Å². The summed E-state index contributed by atoms with van der Waals surface area (Å²) in [6.45, 7) is 0.0106. The molecule has 0 heterocycles. The number of amides is 2. The molecule has 1 aliphatic carbocycles. The number of carbonyl (C=O) groups is 3. The molecule has 3 aromatic carbocycles. The van der Waals surface area contributed by atoms with Gasteiger partial charge in [-0.15, -0.1) is 0 Å². The summed E-state index contributed by atoms with van der Waals surface area (Å²) in [5.41, 5.74) is 4.28. The minimum absolute atomic E-state index is 0.0106. The molecule has 1 atom stereocenters. The Morgan fingerprint density at radius 2 is 1.59 bits per heavy atom. The molecule has 0 saturated heterocycles. The molecule has 7 nitrogen and oxygen atoms in total. The standard InChI is InChI=1S/C25H20BrFN2O5/c26-23-19(27)10-5-11-20(23)28-24(32)21(12-22(30)31)29-25(33)34-13-18-16-8-3-1-6-14(16)15-7-2-4-9-17(15)18/h1-11,18,21H,12-13H2,(H,28,32)(H,29,33)(H,30,31). The summed E-state index contributed by atoms with van der Waals surface area (Å²) in [7, 11) is 0. The van der Waals surface area contributed by atoms with Gasteiger partial charge in [-0.1, -0.05) is 54.6 Å². The molecule has 0 aliphatic heterocycles. The van der Waals surface area contributed by atoms with Gasteiger partial charge in [0.2, 0.25) is 5.91 Å². The van der Waals surface area contributed by atoms with Gasteiger partial charge in [0.05, 0.1) is 16.6 Å². The molecule has 9 heteroatoms. The van der Waals surface area contributed by atoms with E-state index < -0.39 is 36.2 Å². The van der Waals surface area contributed by atoms with Gasteiger partial charge in [0.25, 0.3) is 0 Å². The van der Waals surface area contributed by atoms with Gasteiger partial charge in [-0.3, -0.25) is 9.59 Å². The minimum atomic E-state index is -1.43. The highest BCUT2D eigenvalue weighted by Crippen LogP contribution is 2.44. The molecular formula is C25H20BrFN2O5. The summed E-state index contributed by atoms with van der Waals surface area (Å²) >= 11 is 3.03. The largest absolute Gasteiger partial charge is 0.481 e. The first kappa shape index (κ1) is 23.4. The van der Waals surface area contributed by atoms with E-state index in [0.29, 0.717) is 0 Å². The Morgan fingerprint density at radius 1 is 0.971 bits per heavy atom. The zero-order chi connectivity index (χ0) is 24.2. The van der Waals surface area contributed by atoms with Crippen LogP contribution in [0.15, 0.2) is 71.2 Å². The van der Waals surface area contributed by atoms with Crippen LogP contribution in [-0.4, -0.2) is 35.7 Å². The third-order valence-corrected chi connectivity index (χ3v) is 6.35. The fourth-order valence-electron chi connectivity index (χ4n) is 3.99. The van der Waals surface area contributed by atoms with Crippen LogP contribution in [0.25, 0.3) is 11.1 Å². The fourth-order valence-corrected chi connectivity index (χ4v) is 4.35. The first-order chi connectivity index (χ1) is 16.3. The van der Waals surface area contributed by atoms with E-state index >= 15 is 0 Å². The summed E-state index contributed by atoms with van der Waals surface area (Å²) in [5.74, 6) is -2.90. The molecule has 0 aromatic heterocycles. The number of hydrogen-bond acceptors (Lipinski definition) is 4. The highest BCUT2D eigenvalue weighted by molar-refractivity contribution is 9.10. The van der Waals surface area contributed by atoms with E-state index in [-0.39, 0.29) is 22.7 Å². The Kier molecular flexibility index (Phi) is 6.93. The van der Waals surface area contributed by atoms with Gasteiger partial charge >= 0.3 is 12.1 Å². The molecule has 0 spiro atoms. The minimum Gasteiger partial charge on any atom is -0.481 e. The summed E-state index contributed by atoms with van der Waals surface area (Å²) in [6, 6.07) is 18.3. The van der Waals surface area contributed by atoms with Gasteiger partial charge in [-0.25, -0.2) is 9.18 Å². The number of aliphatic carboxylic acids is 1. The van der Waals surface area contributed by atoms with E-state index in [1.54, 1.807) is 0 Å². The monoisotopic (exact) mass is 526 g/mol. The van der Waals surface area contributed by atoms with Crippen LogP contribution < -0.4 is 10.6 Å². The number of alkyl carbamates (subject to hydrolysis) is 1. The zero-order valence-corrected chi connectivity index (χ0v) is 19.3. The number of carboxylic acid groups (broad SMARTS) is 1. The van der Waals surface area contributed by atoms with Crippen molar-refractivity contribution in [3.05, 3.63) is 88.1 Å². The Labute approximate surface area is 203 Å². The van der Waals surface area contributed by atoms with Crippen molar-refractivity contribution in [3.63, 3.8) is 0 Å². The van der Waals surface area contributed by atoms with Crippen molar-refractivity contribution >= 4 is 39.6 Å². The van der Waals surface area contributed by atoms with E-state index in [1.807, 2.05) is 48.5 Å². The second kappa shape index (κ2) is 10.0. The lowest BCUT2D eigenvalue weighted by atomic mass is 9.98.